The maximum atomic E-state index is 12.4. The molecule has 0 fully saturated rings. The zero-order valence-electron chi connectivity index (χ0n) is 15.4. The summed E-state index contributed by atoms with van der Waals surface area (Å²) in [5.41, 5.74) is 1.11. The number of carbonyl (C=O) groups excluding carboxylic acids is 2. The lowest BCUT2D eigenvalue weighted by Gasteiger charge is -2.18. The smallest absolute Gasteiger partial charge is 0.308 e. The number of nitrogens with one attached hydrogen (secondary N) is 1. The van der Waals surface area contributed by atoms with Gasteiger partial charge in [0.2, 0.25) is 5.91 Å². The molecular formula is C20H17BrClN3O4. The van der Waals surface area contributed by atoms with Gasteiger partial charge in [0, 0.05) is 28.7 Å². The Morgan fingerprint density at radius 3 is 2.76 bits per heavy atom. The van der Waals surface area contributed by atoms with Crippen LogP contribution in [0.5, 0.6) is 0 Å². The van der Waals surface area contributed by atoms with E-state index in [1.54, 1.807) is 42.6 Å². The van der Waals surface area contributed by atoms with Crippen molar-refractivity contribution in [3.63, 3.8) is 0 Å². The third-order valence-corrected chi connectivity index (χ3v) is 4.90. The van der Waals surface area contributed by atoms with Gasteiger partial charge in [-0.2, -0.15) is 0 Å². The van der Waals surface area contributed by atoms with Gasteiger partial charge in [0.05, 0.1) is 18.2 Å². The molecule has 2 aromatic heterocycles. The molecule has 0 saturated heterocycles. The molecule has 29 heavy (non-hydrogen) atoms. The minimum atomic E-state index is -0.624. The maximum Gasteiger partial charge on any atom is 0.308 e. The van der Waals surface area contributed by atoms with Crippen molar-refractivity contribution in [2.75, 3.05) is 0 Å². The van der Waals surface area contributed by atoms with E-state index in [0.717, 1.165) is 4.47 Å². The van der Waals surface area contributed by atoms with E-state index < -0.39 is 12.0 Å². The molecule has 9 heteroatoms. The fourth-order valence-corrected chi connectivity index (χ4v) is 3.43. The number of hydrogen-bond acceptors (Lipinski definition) is 5. The van der Waals surface area contributed by atoms with Crippen molar-refractivity contribution in [2.24, 2.45) is 0 Å². The molecule has 1 N–H and O–H groups in total. The second-order valence-electron chi connectivity index (χ2n) is 6.30. The van der Waals surface area contributed by atoms with E-state index in [-0.39, 0.29) is 24.5 Å². The number of hydrogen-bond donors (Lipinski definition) is 1. The Labute approximate surface area is 179 Å². The van der Waals surface area contributed by atoms with Crippen LogP contribution < -0.4 is 10.9 Å². The van der Waals surface area contributed by atoms with Crippen molar-refractivity contribution >= 4 is 45.1 Å². The van der Waals surface area contributed by atoms with Crippen molar-refractivity contribution in [1.82, 2.24) is 14.7 Å². The third kappa shape index (κ3) is 5.42. The molecule has 0 saturated carbocycles. The highest BCUT2D eigenvalue weighted by Crippen LogP contribution is 2.25. The number of aromatic nitrogens is 2. The Balaban J connectivity index is 1.71. The monoisotopic (exact) mass is 477 g/mol. The number of amides is 1. The SMILES string of the molecule is CC(=O)NC(CC(=O)OCc1cc(=O)n2cc(Br)ccc2n1)c1ccccc1Cl. The zero-order valence-corrected chi connectivity index (χ0v) is 17.7. The first-order chi connectivity index (χ1) is 13.8. The summed E-state index contributed by atoms with van der Waals surface area (Å²) in [4.78, 5) is 40.4. The molecule has 1 unspecified atom stereocenters. The van der Waals surface area contributed by atoms with Crippen LogP contribution in [0.4, 0.5) is 0 Å². The summed E-state index contributed by atoms with van der Waals surface area (Å²) in [6.45, 7) is 1.20. The van der Waals surface area contributed by atoms with Crippen LogP contribution in [-0.4, -0.2) is 21.3 Å². The lowest BCUT2D eigenvalue weighted by Crippen LogP contribution is -2.29. The molecule has 7 nitrogen and oxygen atoms in total. The second kappa shape index (κ2) is 9.19. The van der Waals surface area contributed by atoms with E-state index in [0.29, 0.717) is 21.9 Å². The van der Waals surface area contributed by atoms with Crippen molar-refractivity contribution in [3.05, 3.63) is 79.8 Å². The van der Waals surface area contributed by atoms with Gasteiger partial charge in [0.1, 0.15) is 12.3 Å². The van der Waals surface area contributed by atoms with Gasteiger partial charge in [-0.25, -0.2) is 4.98 Å². The average Bonchev–Trinajstić information content (AvgIpc) is 2.66. The first-order valence-corrected chi connectivity index (χ1v) is 9.85. The summed E-state index contributed by atoms with van der Waals surface area (Å²) in [7, 11) is 0. The van der Waals surface area contributed by atoms with E-state index in [1.165, 1.54) is 17.4 Å². The number of ether oxygens (including phenoxy) is 1. The van der Waals surface area contributed by atoms with Crippen LogP contribution in [0.1, 0.15) is 30.6 Å². The number of carbonyl (C=O) groups is 2. The van der Waals surface area contributed by atoms with Gasteiger partial charge in [-0.3, -0.25) is 18.8 Å². The van der Waals surface area contributed by atoms with Crippen LogP contribution in [0.25, 0.3) is 5.65 Å². The largest absolute Gasteiger partial charge is 0.459 e. The van der Waals surface area contributed by atoms with Crippen LogP contribution in [0.3, 0.4) is 0 Å². The molecule has 0 spiro atoms. The Kier molecular flexibility index (Phi) is 6.66. The predicted molar refractivity (Wildman–Crippen MR) is 112 cm³/mol. The van der Waals surface area contributed by atoms with Crippen LogP contribution in [0.2, 0.25) is 5.02 Å². The van der Waals surface area contributed by atoms with Gasteiger partial charge < -0.3 is 10.1 Å². The maximum absolute atomic E-state index is 12.4. The minimum absolute atomic E-state index is 0.108. The molecule has 0 radical (unpaired) electrons. The molecule has 0 aliphatic carbocycles. The van der Waals surface area contributed by atoms with Crippen LogP contribution >= 0.6 is 27.5 Å². The van der Waals surface area contributed by atoms with Crippen molar-refractivity contribution in [1.29, 1.82) is 0 Å². The van der Waals surface area contributed by atoms with Gasteiger partial charge >= 0.3 is 5.97 Å². The first kappa shape index (κ1) is 21.0. The number of fused-ring (bicyclic) bond motifs is 1. The number of nitrogens with zero attached hydrogens (tertiary/aromatic N) is 2. The highest BCUT2D eigenvalue weighted by molar-refractivity contribution is 9.10. The third-order valence-electron chi connectivity index (χ3n) is 4.09. The van der Waals surface area contributed by atoms with Crippen molar-refractivity contribution in [2.45, 2.75) is 26.0 Å². The molecule has 3 rings (SSSR count). The van der Waals surface area contributed by atoms with E-state index in [2.05, 4.69) is 26.2 Å². The Bertz CT molecular complexity index is 1130. The summed E-state index contributed by atoms with van der Waals surface area (Å²) in [5, 5.41) is 3.15. The standard InChI is InChI=1S/C20H17BrClN3O4/c1-12(26)23-17(15-4-2-3-5-16(15)22)9-20(28)29-11-14-8-19(27)25-10-13(21)6-7-18(25)24-14/h2-8,10,17H,9,11H2,1H3,(H,23,26). The van der Waals surface area contributed by atoms with E-state index in [4.69, 9.17) is 16.3 Å². The second-order valence-corrected chi connectivity index (χ2v) is 7.62. The summed E-state index contributed by atoms with van der Waals surface area (Å²) in [6, 6.07) is 11.1. The number of pyridine rings is 1. The Hall–Kier alpha value is -2.71. The molecule has 0 aliphatic rings. The number of rotatable bonds is 6. The fourth-order valence-electron chi connectivity index (χ4n) is 2.82. The zero-order chi connectivity index (χ0) is 21.0. The lowest BCUT2D eigenvalue weighted by molar-refractivity contribution is -0.145. The fraction of sp³-hybridized carbons (Fsp3) is 0.200. The molecule has 150 valence electrons. The highest BCUT2D eigenvalue weighted by Gasteiger charge is 2.20. The van der Waals surface area contributed by atoms with Crippen molar-refractivity contribution in [3.8, 4) is 0 Å². The van der Waals surface area contributed by atoms with Gasteiger partial charge in [-0.05, 0) is 39.7 Å². The molecule has 1 aromatic carbocycles. The van der Waals surface area contributed by atoms with Crippen LogP contribution in [-0.2, 0) is 20.9 Å². The molecule has 3 aromatic rings. The Morgan fingerprint density at radius 2 is 2.03 bits per heavy atom. The quantitative estimate of drug-likeness (QED) is 0.548. The van der Waals surface area contributed by atoms with E-state index >= 15 is 0 Å². The molecular weight excluding hydrogens is 462 g/mol. The Morgan fingerprint density at radius 1 is 1.28 bits per heavy atom. The van der Waals surface area contributed by atoms with Crippen LogP contribution in [0.15, 0.2) is 57.9 Å². The summed E-state index contributed by atoms with van der Waals surface area (Å²) >= 11 is 9.49. The van der Waals surface area contributed by atoms with Gasteiger partial charge in [0.15, 0.2) is 0 Å². The lowest BCUT2D eigenvalue weighted by atomic mass is 10.0. The van der Waals surface area contributed by atoms with Crippen LogP contribution in [0, 0.1) is 0 Å². The topological polar surface area (TPSA) is 89.8 Å². The summed E-state index contributed by atoms with van der Waals surface area (Å²) < 4.78 is 7.41. The van der Waals surface area contributed by atoms with Gasteiger partial charge in [-0.1, -0.05) is 29.8 Å². The number of benzene rings is 1. The normalized spacial score (nSPS) is 11.8. The predicted octanol–water partition coefficient (Wildman–Crippen LogP) is 3.42. The van der Waals surface area contributed by atoms with Gasteiger partial charge in [0.25, 0.3) is 5.56 Å². The number of esters is 1. The molecule has 1 amide bonds. The first-order valence-electron chi connectivity index (χ1n) is 8.68. The van der Waals surface area contributed by atoms with E-state index in [9.17, 15) is 14.4 Å². The summed E-state index contributed by atoms with van der Waals surface area (Å²) in [6.07, 6.45) is 1.50. The molecule has 1 atom stereocenters. The van der Waals surface area contributed by atoms with Gasteiger partial charge in [-0.15, -0.1) is 0 Å². The van der Waals surface area contributed by atoms with E-state index in [1.807, 2.05) is 0 Å². The van der Waals surface area contributed by atoms with Crippen molar-refractivity contribution < 1.29 is 14.3 Å². The summed E-state index contributed by atoms with van der Waals surface area (Å²) in [5.74, 6) is -0.848. The molecule has 0 bridgehead atoms. The minimum Gasteiger partial charge on any atom is -0.459 e. The average molecular weight is 479 g/mol. The highest BCUT2D eigenvalue weighted by atomic mass is 79.9. The number of halogens is 2. The molecule has 2 heterocycles. The molecule has 0 aliphatic heterocycles.